The summed E-state index contributed by atoms with van der Waals surface area (Å²) < 4.78 is 46.7. The van der Waals surface area contributed by atoms with E-state index in [1.165, 1.54) is 14.2 Å². The first-order valence-corrected chi connectivity index (χ1v) is 11.8. The van der Waals surface area contributed by atoms with Crippen molar-refractivity contribution in [2.75, 3.05) is 45.7 Å². The third kappa shape index (κ3) is 7.65. The Labute approximate surface area is 205 Å². The van der Waals surface area contributed by atoms with Crippen LogP contribution in [0.15, 0.2) is 18.2 Å². The summed E-state index contributed by atoms with van der Waals surface area (Å²) in [5, 5.41) is 5.40. The number of unbranched alkanes of at least 4 members (excludes halogenated alkanes) is 1. The number of aromatic nitrogens is 1. The standard InChI is InChI=1S/C22H29F2N5O5S/c1-32-15-9-14(10-16(11-15)33-2)12-34-19-17(18(25)30)20(35-28-19)27-21(31)26-6-3-4-7-29-8-5-22(23,24)13-29/h9-11H,3-8,12-13H2,1-2H3,(H2,25,30)(H2,26,27,31). The number of ether oxygens (including phenoxy) is 3. The Kier molecular flexibility index (Phi) is 9.04. The summed E-state index contributed by atoms with van der Waals surface area (Å²) >= 11 is 0.869. The molecule has 13 heteroatoms. The third-order valence-electron chi connectivity index (χ3n) is 5.36. The highest BCUT2D eigenvalue weighted by Gasteiger charge is 2.37. The van der Waals surface area contributed by atoms with Gasteiger partial charge in [0.1, 0.15) is 28.7 Å². The molecule has 1 aliphatic heterocycles. The lowest BCUT2D eigenvalue weighted by Crippen LogP contribution is -2.31. The minimum absolute atomic E-state index is 0.00185. The van der Waals surface area contributed by atoms with Gasteiger partial charge in [-0.25, -0.2) is 13.6 Å². The molecule has 1 aromatic carbocycles. The van der Waals surface area contributed by atoms with Gasteiger partial charge < -0.3 is 25.3 Å². The Morgan fingerprint density at radius 1 is 1.20 bits per heavy atom. The highest BCUT2D eigenvalue weighted by Crippen LogP contribution is 2.31. The van der Waals surface area contributed by atoms with Gasteiger partial charge in [-0.2, -0.15) is 4.37 Å². The Balaban J connectivity index is 1.49. The average molecular weight is 514 g/mol. The molecule has 2 heterocycles. The molecule has 0 spiro atoms. The molecule has 1 saturated heterocycles. The number of hydrogen-bond acceptors (Lipinski definition) is 8. The monoisotopic (exact) mass is 513 g/mol. The number of nitrogens with two attached hydrogens (primary N) is 1. The number of rotatable bonds is 12. The molecule has 192 valence electrons. The molecule has 1 aliphatic rings. The summed E-state index contributed by atoms with van der Waals surface area (Å²) in [6.45, 7) is 1.14. The molecule has 0 bridgehead atoms. The van der Waals surface area contributed by atoms with E-state index in [4.69, 9.17) is 19.9 Å². The quantitative estimate of drug-likeness (QED) is 0.372. The van der Waals surface area contributed by atoms with Gasteiger partial charge in [-0.05, 0) is 48.6 Å². The molecule has 3 rings (SSSR count). The van der Waals surface area contributed by atoms with E-state index in [1.807, 2.05) is 0 Å². The van der Waals surface area contributed by atoms with Gasteiger partial charge in [-0.3, -0.25) is 15.0 Å². The number of nitrogens with one attached hydrogen (secondary N) is 2. The number of benzene rings is 1. The van der Waals surface area contributed by atoms with Crippen molar-refractivity contribution >= 4 is 28.5 Å². The molecule has 3 amide bonds. The lowest BCUT2D eigenvalue weighted by atomic mass is 10.2. The zero-order valence-corrected chi connectivity index (χ0v) is 20.4. The Bertz CT molecular complexity index is 1010. The van der Waals surface area contributed by atoms with E-state index in [1.54, 1.807) is 23.1 Å². The van der Waals surface area contributed by atoms with E-state index in [9.17, 15) is 18.4 Å². The third-order valence-corrected chi connectivity index (χ3v) is 6.10. The maximum atomic E-state index is 13.2. The van der Waals surface area contributed by atoms with E-state index in [-0.39, 0.29) is 36.0 Å². The van der Waals surface area contributed by atoms with Gasteiger partial charge in [0.2, 0.25) is 5.88 Å². The van der Waals surface area contributed by atoms with Crippen LogP contribution in [0.3, 0.4) is 0 Å². The fourth-order valence-electron chi connectivity index (χ4n) is 3.59. The first-order valence-electron chi connectivity index (χ1n) is 11.0. The number of nitrogens with zero attached hydrogens (tertiary/aromatic N) is 2. The number of methoxy groups -OCH3 is 2. The number of alkyl halides is 2. The predicted octanol–water partition coefficient (Wildman–Crippen LogP) is 3.08. The van der Waals surface area contributed by atoms with Gasteiger partial charge in [0, 0.05) is 25.6 Å². The van der Waals surface area contributed by atoms with E-state index < -0.39 is 17.9 Å². The Hall–Kier alpha value is -3.19. The number of anilines is 1. The molecular weight excluding hydrogens is 484 g/mol. The molecular formula is C22H29F2N5O5S. The van der Waals surface area contributed by atoms with Gasteiger partial charge >= 0.3 is 6.03 Å². The van der Waals surface area contributed by atoms with Crippen molar-refractivity contribution in [1.82, 2.24) is 14.6 Å². The van der Waals surface area contributed by atoms with Crippen molar-refractivity contribution in [2.24, 2.45) is 5.73 Å². The topological polar surface area (TPSA) is 128 Å². The van der Waals surface area contributed by atoms with Crippen molar-refractivity contribution < 1.29 is 32.6 Å². The number of halogens is 2. The van der Waals surface area contributed by atoms with E-state index >= 15 is 0 Å². The van der Waals surface area contributed by atoms with Crippen LogP contribution in [0.2, 0.25) is 0 Å². The van der Waals surface area contributed by atoms with Crippen LogP contribution in [-0.2, 0) is 6.61 Å². The number of hydrogen-bond donors (Lipinski definition) is 3. The number of carbonyl (C=O) groups is 2. The molecule has 1 fully saturated rings. The van der Waals surface area contributed by atoms with Gasteiger partial charge in [0.15, 0.2) is 0 Å². The van der Waals surface area contributed by atoms with Crippen molar-refractivity contribution in [3.05, 3.63) is 29.3 Å². The zero-order valence-electron chi connectivity index (χ0n) is 19.6. The van der Waals surface area contributed by atoms with Crippen LogP contribution in [0.4, 0.5) is 18.6 Å². The second-order valence-corrected chi connectivity index (χ2v) is 8.81. The summed E-state index contributed by atoms with van der Waals surface area (Å²) in [5.41, 5.74) is 6.18. The molecule has 4 N–H and O–H groups in total. The lowest BCUT2D eigenvalue weighted by Gasteiger charge is -2.15. The van der Waals surface area contributed by atoms with Gasteiger partial charge in [-0.1, -0.05) is 0 Å². The lowest BCUT2D eigenvalue weighted by molar-refractivity contribution is 0.0121. The average Bonchev–Trinajstić information content (AvgIpc) is 3.39. The normalized spacial score (nSPS) is 15.0. The molecule has 0 unspecified atom stereocenters. The molecule has 0 radical (unpaired) electrons. The maximum absolute atomic E-state index is 13.2. The number of carbonyl (C=O) groups excluding carboxylic acids is 2. The van der Waals surface area contributed by atoms with Crippen molar-refractivity contribution in [3.63, 3.8) is 0 Å². The summed E-state index contributed by atoms with van der Waals surface area (Å²) in [4.78, 5) is 26.0. The second-order valence-electron chi connectivity index (χ2n) is 8.04. The van der Waals surface area contributed by atoms with Gasteiger partial charge in [0.05, 0.1) is 20.8 Å². The predicted molar refractivity (Wildman–Crippen MR) is 127 cm³/mol. The van der Waals surface area contributed by atoms with Crippen LogP contribution in [0.5, 0.6) is 17.4 Å². The van der Waals surface area contributed by atoms with Crippen molar-refractivity contribution in [2.45, 2.75) is 31.8 Å². The van der Waals surface area contributed by atoms with Crippen LogP contribution in [0, 0.1) is 0 Å². The Morgan fingerprint density at radius 2 is 1.91 bits per heavy atom. The molecule has 1 aromatic heterocycles. The van der Waals surface area contributed by atoms with E-state index in [0.29, 0.717) is 44.0 Å². The first-order chi connectivity index (χ1) is 16.7. The first kappa shape index (κ1) is 26.4. The fraction of sp³-hybridized carbons (Fsp3) is 0.500. The molecule has 0 atom stereocenters. The fourth-order valence-corrected chi connectivity index (χ4v) is 4.32. The van der Waals surface area contributed by atoms with Gasteiger partial charge in [0.25, 0.3) is 11.8 Å². The summed E-state index contributed by atoms with van der Waals surface area (Å²) in [6.07, 6.45) is 1.19. The zero-order chi connectivity index (χ0) is 25.4. The SMILES string of the molecule is COc1cc(COc2nsc(NC(=O)NCCCCN3CCC(F)(F)C3)c2C(N)=O)cc(OC)c1. The van der Waals surface area contributed by atoms with Crippen LogP contribution in [0.1, 0.15) is 35.2 Å². The van der Waals surface area contributed by atoms with Crippen LogP contribution >= 0.6 is 11.5 Å². The van der Waals surface area contributed by atoms with Crippen molar-refractivity contribution in [3.8, 4) is 17.4 Å². The highest BCUT2D eigenvalue weighted by molar-refractivity contribution is 7.11. The largest absolute Gasteiger partial charge is 0.497 e. The molecule has 10 nitrogen and oxygen atoms in total. The number of primary amides is 1. The minimum Gasteiger partial charge on any atom is -0.497 e. The summed E-state index contributed by atoms with van der Waals surface area (Å²) in [6, 6.07) is 4.68. The van der Waals surface area contributed by atoms with Gasteiger partial charge in [-0.15, -0.1) is 0 Å². The summed E-state index contributed by atoms with van der Waals surface area (Å²) in [5.74, 6) is -2.24. The number of amides is 3. The molecule has 0 saturated carbocycles. The minimum atomic E-state index is -2.60. The molecule has 0 aliphatic carbocycles. The van der Waals surface area contributed by atoms with E-state index in [0.717, 1.165) is 17.1 Å². The second kappa shape index (κ2) is 12.0. The van der Waals surface area contributed by atoms with Crippen LogP contribution < -0.4 is 30.6 Å². The summed E-state index contributed by atoms with van der Waals surface area (Å²) in [7, 11) is 3.06. The number of urea groups is 1. The van der Waals surface area contributed by atoms with Crippen LogP contribution in [0.25, 0.3) is 0 Å². The smallest absolute Gasteiger partial charge is 0.319 e. The van der Waals surface area contributed by atoms with E-state index in [2.05, 4.69) is 15.0 Å². The van der Waals surface area contributed by atoms with Crippen molar-refractivity contribution in [1.29, 1.82) is 0 Å². The molecule has 35 heavy (non-hydrogen) atoms. The van der Waals surface area contributed by atoms with Crippen LogP contribution in [-0.4, -0.2) is 67.5 Å². The maximum Gasteiger partial charge on any atom is 0.319 e. The number of likely N-dealkylation sites (tertiary alicyclic amines) is 1. The Morgan fingerprint density at radius 3 is 2.51 bits per heavy atom. The molecule has 2 aromatic rings. The highest BCUT2D eigenvalue weighted by atomic mass is 32.1.